The number of unbranched alkanes of at least 4 members (excludes halogenated alkanes) is 5. The smallest absolute Gasteiger partial charge is 0.155 e. The van der Waals surface area contributed by atoms with E-state index >= 15 is 0 Å². The fourth-order valence-electron chi connectivity index (χ4n) is 1.03. The highest BCUT2D eigenvalue weighted by Gasteiger charge is 1.89. The highest BCUT2D eigenvalue weighted by Crippen LogP contribution is 2.08. The van der Waals surface area contributed by atoms with Gasteiger partial charge in [0.2, 0.25) is 0 Å². The van der Waals surface area contributed by atoms with Gasteiger partial charge in [0.25, 0.3) is 0 Å². The van der Waals surface area contributed by atoms with Crippen molar-refractivity contribution in [3.63, 3.8) is 0 Å². The van der Waals surface area contributed by atoms with Gasteiger partial charge in [-0.25, -0.2) is 0 Å². The molecule has 1 nitrogen and oxygen atoms in total. The largest absolute Gasteiger partial charge is 0.275 e. The molecule has 11 heavy (non-hydrogen) atoms. The van der Waals surface area contributed by atoms with Gasteiger partial charge in [-0.3, -0.25) is 4.57 Å². The Morgan fingerprint density at radius 3 is 2.00 bits per heavy atom. The topological polar surface area (TPSA) is 17.1 Å². The van der Waals surface area contributed by atoms with Gasteiger partial charge in [0.15, 0.2) is 8.46 Å². The van der Waals surface area contributed by atoms with Crippen LogP contribution >= 0.6 is 17.7 Å². The van der Waals surface area contributed by atoms with E-state index in [1.165, 1.54) is 38.3 Å². The van der Waals surface area contributed by atoms with E-state index in [2.05, 4.69) is 9.24 Å². The fraction of sp³-hybridized carbons (Fsp3) is 1.00. The van der Waals surface area contributed by atoms with E-state index in [0.717, 1.165) is 12.6 Å². The van der Waals surface area contributed by atoms with Gasteiger partial charge in [-0.2, -0.15) is 0 Å². The summed E-state index contributed by atoms with van der Waals surface area (Å²) in [5.74, 6) is 0. The first kappa shape index (κ1) is 11.5. The van der Waals surface area contributed by atoms with Crippen LogP contribution in [0.25, 0.3) is 0 Å². The van der Waals surface area contributed by atoms with Crippen LogP contribution in [-0.4, -0.2) is 12.3 Å². The summed E-state index contributed by atoms with van der Waals surface area (Å²) >= 11 is 0. The van der Waals surface area contributed by atoms with Crippen molar-refractivity contribution in [3.8, 4) is 0 Å². The minimum Gasteiger partial charge on any atom is -0.275 e. The predicted octanol–water partition coefficient (Wildman–Crippen LogP) is 3.49. The summed E-state index contributed by atoms with van der Waals surface area (Å²) in [5, 5.41) is 0. The third-order valence-electron chi connectivity index (χ3n) is 1.70. The van der Waals surface area contributed by atoms with Crippen molar-refractivity contribution in [1.82, 2.24) is 0 Å². The zero-order valence-electron chi connectivity index (χ0n) is 7.09. The van der Waals surface area contributed by atoms with E-state index in [1.54, 1.807) is 0 Å². The second-order valence-electron chi connectivity index (χ2n) is 2.76. The molecule has 0 aliphatic carbocycles. The molecule has 0 N–H and O–H groups in total. The van der Waals surface area contributed by atoms with Gasteiger partial charge in [-0.1, -0.05) is 25.7 Å². The Bertz CT molecular complexity index is 86.2. The maximum absolute atomic E-state index is 10.0. The SMILES string of the molecule is O=PCCCCCCCCP. The minimum absolute atomic E-state index is 0.317. The second kappa shape index (κ2) is 10.5. The Balaban J connectivity index is 2.74. The third kappa shape index (κ3) is 10.5. The van der Waals surface area contributed by atoms with Crippen LogP contribution in [0, 0.1) is 0 Å². The van der Waals surface area contributed by atoms with Crippen LogP contribution in [0.15, 0.2) is 0 Å². The molecule has 0 bridgehead atoms. The molecule has 0 fully saturated rings. The van der Waals surface area contributed by atoms with Crippen LogP contribution in [0.3, 0.4) is 0 Å². The first-order valence-corrected chi connectivity index (χ1v) is 6.22. The van der Waals surface area contributed by atoms with E-state index in [-0.39, 0.29) is 0 Å². The predicted molar refractivity (Wildman–Crippen MR) is 54.8 cm³/mol. The van der Waals surface area contributed by atoms with Gasteiger partial charge < -0.3 is 0 Å². The highest BCUT2D eigenvalue weighted by atomic mass is 31.1. The Hall–Kier alpha value is 0.530. The summed E-state index contributed by atoms with van der Waals surface area (Å²) in [5.41, 5.74) is 0. The van der Waals surface area contributed by atoms with E-state index in [0.29, 0.717) is 8.46 Å². The van der Waals surface area contributed by atoms with Crippen LogP contribution in [0.1, 0.15) is 38.5 Å². The number of hydrogen-bond donors (Lipinski definition) is 0. The molecule has 3 heteroatoms. The summed E-state index contributed by atoms with van der Waals surface area (Å²) in [6.07, 6.45) is 9.84. The molecule has 0 aromatic carbocycles. The van der Waals surface area contributed by atoms with Crippen LogP contribution in [-0.2, 0) is 4.57 Å². The van der Waals surface area contributed by atoms with Crippen molar-refractivity contribution >= 4 is 17.7 Å². The molecule has 0 rings (SSSR count). The molecule has 1 atom stereocenters. The molecular weight excluding hydrogens is 174 g/mol. The summed E-state index contributed by atoms with van der Waals surface area (Å²) in [4.78, 5) is 0. The monoisotopic (exact) mass is 192 g/mol. The molecule has 0 aliphatic rings. The van der Waals surface area contributed by atoms with Crippen molar-refractivity contribution in [2.24, 2.45) is 0 Å². The number of hydrogen-bond acceptors (Lipinski definition) is 1. The molecule has 0 aliphatic heterocycles. The third-order valence-corrected chi connectivity index (χ3v) is 2.61. The standard InChI is InChI=1S/C8H18OP2/c9-11-8-6-4-2-1-3-5-7-10/h1-8,10H2. The van der Waals surface area contributed by atoms with Crippen molar-refractivity contribution in [3.05, 3.63) is 0 Å². The lowest BCUT2D eigenvalue weighted by Gasteiger charge is -1.97. The van der Waals surface area contributed by atoms with E-state index in [4.69, 9.17) is 0 Å². The Morgan fingerprint density at radius 1 is 0.909 bits per heavy atom. The van der Waals surface area contributed by atoms with Crippen molar-refractivity contribution in [1.29, 1.82) is 0 Å². The van der Waals surface area contributed by atoms with Gasteiger partial charge in [0, 0.05) is 6.16 Å². The van der Waals surface area contributed by atoms with E-state index in [9.17, 15) is 4.57 Å². The van der Waals surface area contributed by atoms with E-state index < -0.39 is 0 Å². The summed E-state index contributed by atoms with van der Waals surface area (Å²) in [6, 6.07) is 0. The molecule has 1 unspecified atom stereocenters. The van der Waals surface area contributed by atoms with Gasteiger partial charge in [-0.05, 0) is 19.0 Å². The van der Waals surface area contributed by atoms with Crippen LogP contribution in [0.2, 0.25) is 0 Å². The van der Waals surface area contributed by atoms with E-state index in [1.807, 2.05) is 0 Å². The maximum atomic E-state index is 10.0. The normalized spacial score (nSPS) is 10.6. The average Bonchev–Trinajstić information content (AvgIpc) is 2.03. The van der Waals surface area contributed by atoms with Crippen LogP contribution in [0.5, 0.6) is 0 Å². The van der Waals surface area contributed by atoms with Crippen molar-refractivity contribution < 1.29 is 4.57 Å². The quantitative estimate of drug-likeness (QED) is 0.425. The molecule has 0 radical (unpaired) electrons. The Kier molecular flexibility index (Phi) is 11.0. The molecule has 66 valence electrons. The van der Waals surface area contributed by atoms with Crippen molar-refractivity contribution in [2.45, 2.75) is 38.5 Å². The van der Waals surface area contributed by atoms with Crippen LogP contribution < -0.4 is 0 Å². The van der Waals surface area contributed by atoms with Gasteiger partial charge in [0.05, 0.1) is 0 Å². The van der Waals surface area contributed by atoms with Gasteiger partial charge in [-0.15, -0.1) is 9.24 Å². The van der Waals surface area contributed by atoms with Gasteiger partial charge >= 0.3 is 0 Å². The minimum atomic E-state index is 0.317. The zero-order valence-corrected chi connectivity index (χ0v) is 9.14. The first-order chi connectivity index (χ1) is 5.41. The number of rotatable bonds is 8. The molecule has 0 saturated heterocycles. The first-order valence-electron chi connectivity index (χ1n) is 4.41. The summed E-state index contributed by atoms with van der Waals surface area (Å²) in [6.45, 7) is 0. The van der Waals surface area contributed by atoms with Crippen LogP contribution in [0.4, 0.5) is 0 Å². The molecular formula is C8H18OP2. The van der Waals surface area contributed by atoms with Gasteiger partial charge in [0.1, 0.15) is 0 Å². The lowest BCUT2D eigenvalue weighted by atomic mass is 10.1. The molecule has 0 saturated carbocycles. The Labute approximate surface area is 73.7 Å². The average molecular weight is 192 g/mol. The lowest BCUT2D eigenvalue weighted by molar-refractivity contribution is 0.591. The zero-order chi connectivity index (χ0) is 8.36. The lowest BCUT2D eigenvalue weighted by Crippen LogP contribution is -1.80. The fourth-order valence-corrected chi connectivity index (χ4v) is 1.67. The molecule has 0 amide bonds. The molecule has 0 aromatic rings. The summed E-state index contributed by atoms with van der Waals surface area (Å²) < 4.78 is 10.0. The second-order valence-corrected chi connectivity index (χ2v) is 4.05. The molecule has 0 aromatic heterocycles. The molecule has 0 spiro atoms. The summed E-state index contributed by atoms with van der Waals surface area (Å²) in [7, 11) is 3.07. The highest BCUT2D eigenvalue weighted by molar-refractivity contribution is 7.23. The molecule has 0 heterocycles. The maximum Gasteiger partial charge on any atom is 0.155 e. The van der Waals surface area contributed by atoms with Crippen molar-refractivity contribution in [2.75, 3.05) is 12.3 Å². The Morgan fingerprint density at radius 2 is 1.45 bits per heavy atom.